The normalized spacial score (nSPS) is 10.5. The molecule has 0 radical (unpaired) electrons. The smallest absolute Gasteiger partial charge is 0.316 e. The number of nitrogen functional groups attached to an aromatic ring is 1. The molecule has 8 heteroatoms. The van der Waals surface area contributed by atoms with Gasteiger partial charge < -0.3 is 10.6 Å². The number of thioether (sulfide) groups is 1. The van der Waals surface area contributed by atoms with Gasteiger partial charge in [0.2, 0.25) is 5.16 Å². The minimum Gasteiger partial charge on any atom is -0.465 e. The number of nitrogens with zero attached hydrogens (tertiary/aromatic N) is 4. The molecule has 0 aliphatic carbocycles. The zero-order valence-electron chi connectivity index (χ0n) is 11.7. The molecule has 0 spiro atoms. The number of ether oxygens (including phenoxy) is 1. The van der Waals surface area contributed by atoms with Gasteiger partial charge in [-0.3, -0.25) is 9.78 Å². The van der Waals surface area contributed by atoms with E-state index in [-0.39, 0.29) is 11.7 Å². The van der Waals surface area contributed by atoms with Gasteiger partial charge in [0.05, 0.1) is 12.4 Å². The zero-order chi connectivity index (χ0) is 15.1. The Bertz CT molecular complexity index is 588. The Morgan fingerprint density at radius 2 is 2.33 bits per heavy atom. The fourth-order valence-electron chi connectivity index (χ4n) is 1.56. The maximum atomic E-state index is 11.5. The summed E-state index contributed by atoms with van der Waals surface area (Å²) in [5.74, 6) is 6.32. The first-order valence-electron chi connectivity index (χ1n) is 6.61. The maximum Gasteiger partial charge on any atom is 0.316 e. The third kappa shape index (κ3) is 4.19. The maximum absolute atomic E-state index is 11.5. The number of carbonyl (C=O) groups excluding carboxylic acids is 1. The van der Waals surface area contributed by atoms with Crippen molar-refractivity contribution in [3.05, 3.63) is 24.5 Å². The van der Waals surface area contributed by atoms with Crippen LogP contribution in [0.5, 0.6) is 0 Å². The van der Waals surface area contributed by atoms with E-state index in [9.17, 15) is 4.79 Å². The Labute approximate surface area is 126 Å². The first kappa shape index (κ1) is 15.3. The highest BCUT2D eigenvalue weighted by Crippen LogP contribution is 2.20. The summed E-state index contributed by atoms with van der Waals surface area (Å²) in [5, 5.41) is 8.45. The van der Waals surface area contributed by atoms with Crippen molar-refractivity contribution in [2.24, 2.45) is 0 Å². The molecule has 112 valence electrons. The number of hydrogen-bond acceptors (Lipinski definition) is 7. The molecule has 0 saturated carbocycles. The highest BCUT2D eigenvalue weighted by molar-refractivity contribution is 7.99. The minimum atomic E-state index is -0.278. The topological polar surface area (TPSA) is 95.9 Å². The highest BCUT2D eigenvalue weighted by atomic mass is 32.2. The van der Waals surface area contributed by atoms with Crippen molar-refractivity contribution < 1.29 is 9.53 Å². The quantitative estimate of drug-likeness (QED) is 0.358. The van der Waals surface area contributed by atoms with Gasteiger partial charge in [0, 0.05) is 18.0 Å². The third-order valence-corrected chi connectivity index (χ3v) is 3.58. The summed E-state index contributed by atoms with van der Waals surface area (Å²) in [6.07, 6.45) is 5.18. The zero-order valence-corrected chi connectivity index (χ0v) is 12.5. The Hall–Kier alpha value is -2.09. The minimum absolute atomic E-state index is 0.159. The number of esters is 1. The molecule has 0 aliphatic rings. The summed E-state index contributed by atoms with van der Waals surface area (Å²) >= 11 is 1.20. The van der Waals surface area contributed by atoms with E-state index in [1.807, 2.05) is 13.0 Å². The molecule has 0 aliphatic heterocycles. The molecule has 0 unspecified atom stereocenters. The molecule has 0 saturated heterocycles. The van der Waals surface area contributed by atoms with Gasteiger partial charge in [-0.05, 0) is 18.6 Å². The molecule has 0 aromatic carbocycles. The van der Waals surface area contributed by atoms with E-state index in [2.05, 4.69) is 15.2 Å². The lowest BCUT2D eigenvalue weighted by Crippen LogP contribution is -2.13. The monoisotopic (exact) mass is 307 g/mol. The number of hydrogen-bond donors (Lipinski definition) is 1. The van der Waals surface area contributed by atoms with E-state index in [0.29, 0.717) is 17.6 Å². The van der Waals surface area contributed by atoms with Crippen LogP contribution < -0.4 is 5.84 Å². The first-order valence-corrected chi connectivity index (χ1v) is 7.60. The average molecular weight is 307 g/mol. The molecule has 2 aromatic rings. The summed E-state index contributed by atoms with van der Waals surface area (Å²) in [6.45, 7) is 2.49. The number of unbranched alkanes of at least 4 members (excludes halogenated alkanes) is 1. The van der Waals surface area contributed by atoms with Crippen LogP contribution in [0.3, 0.4) is 0 Å². The van der Waals surface area contributed by atoms with Crippen LogP contribution in [0.4, 0.5) is 0 Å². The van der Waals surface area contributed by atoms with Crippen LogP contribution in [0.25, 0.3) is 11.4 Å². The van der Waals surface area contributed by atoms with E-state index in [0.717, 1.165) is 18.4 Å². The lowest BCUT2D eigenvalue weighted by atomic mass is 10.3. The van der Waals surface area contributed by atoms with Crippen LogP contribution >= 0.6 is 11.8 Å². The molecule has 0 bridgehead atoms. The van der Waals surface area contributed by atoms with Gasteiger partial charge in [-0.1, -0.05) is 25.1 Å². The fraction of sp³-hybridized carbons (Fsp3) is 0.385. The van der Waals surface area contributed by atoms with Crippen LogP contribution in [0, 0.1) is 0 Å². The van der Waals surface area contributed by atoms with Crippen molar-refractivity contribution in [1.29, 1.82) is 0 Å². The molecule has 2 N–H and O–H groups in total. The number of rotatable bonds is 7. The van der Waals surface area contributed by atoms with Crippen molar-refractivity contribution in [2.45, 2.75) is 24.9 Å². The van der Waals surface area contributed by atoms with Crippen LogP contribution in [-0.2, 0) is 9.53 Å². The SMILES string of the molecule is CCCCOC(=O)CSc1nnc(-c2cccnc2)n1N. The van der Waals surface area contributed by atoms with E-state index < -0.39 is 0 Å². The van der Waals surface area contributed by atoms with Crippen LogP contribution in [0.1, 0.15) is 19.8 Å². The van der Waals surface area contributed by atoms with Gasteiger partial charge in [0.15, 0.2) is 5.82 Å². The molecular formula is C13H17N5O2S. The largest absolute Gasteiger partial charge is 0.465 e. The number of aromatic nitrogens is 4. The Morgan fingerprint density at radius 1 is 1.48 bits per heavy atom. The van der Waals surface area contributed by atoms with Crippen molar-refractivity contribution in [3.8, 4) is 11.4 Å². The average Bonchev–Trinajstić information content (AvgIpc) is 2.87. The molecule has 0 fully saturated rings. The van der Waals surface area contributed by atoms with Gasteiger partial charge in [0.1, 0.15) is 0 Å². The second-order valence-corrected chi connectivity index (χ2v) is 5.22. The van der Waals surface area contributed by atoms with E-state index in [1.54, 1.807) is 18.5 Å². The molecular weight excluding hydrogens is 290 g/mol. The van der Waals surface area contributed by atoms with Gasteiger partial charge >= 0.3 is 5.97 Å². The predicted octanol–water partition coefficient (Wildman–Crippen LogP) is 1.49. The van der Waals surface area contributed by atoms with E-state index >= 15 is 0 Å². The second-order valence-electron chi connectivity index (χ2n) is 4.28. The van der Waals surface area contributed by atoms with Crippen molar-refractivity contribution >= 4 is 17.7 Å². The van der Waals surface area contributed by atoms with Gasteiger partial charge in [-0.25, -0.2) is 4.68 Å². The molecule has 2 aromatic heterocycles. The van der Waals surface area contributed by atoms with Gasteiger partial charge in [-0.15, -0.1) is 10.2 Å². The summed E-state index contributed by atoms with van der Waals surface area (Å²) in [6, 6.07) is 3.63. The van der Waals surface area contributed by atoms with E-state index in [4.69, 9.17) is 10.6 Å². The molecule has 2 heterocycles. The van der Waals surface area contributed by atoms with Crippen molar-refractivity contribution in [2.75, 3.05) is 18.2 Å². The Kier molecular flexibility index (Phi) is 5.56. The number of carbonyl (C=O) groups is 1. The molecule has 21 heavy (non-hydrogen) atoms. The molecule has 2 rings (SSSR count). The summed E-state index contributed by atoms with van der Waals surface area (Å²) in [5.41, 5.74) is 0.768. The van der Waals surface area contributed by atoms with Crippen LogP contribution in [-0.4, -0.2) is 38.2 Å². The summed E-state index contributed by atoms with van der Waals surface area (Å²) < 4.78 is 6.42. The highest BCUT2D eigenvalue weighted by Gasteiger charge is 2.14. The summed E-state index contributed by atoms with van der Waals surface area (Å²) in [4.78, 5) is 15.5. The lowest BCUT2D eigenvalue weighted by Gasteiger charge is -2.04. The Balaban J connectivity index is 1.93. The van der Waals surface area contributed by atoms with Gasteiger partial charge in [-0.2, -0.15) is 0 Å². The fourth-order valence-corrected chi connectivity index (χ4v) is 2.22. The van der Waals surface area contributed by atoms with Crippen molar-refractivity contribution in [3.63, 3.8) is 0 Å². The molecule has 0 atom stereocenters. The van der Waals surface area contributed by atoms with Gasteiger partial charge in [0.25, 0.3) is 0 Å². The van der Waals surface area contributed by atoms with Crippen LogP contribution in [0.2, 0.25) is 0 Å². The van der Waals surface area contributed by atoms with Crippen LogP contribution in [0.15, 0.2) is 29.7 Å². The summed E-state index contributed by atoms with van der Waals surface area (Å²) in [7, 11) is 0. The standard InChI is InChI=1S/C13H17N5O2S/c1-2-3-7-20-11(19)9-21-13-17-16-12(18(13)14)10-5-4-6-15-8-10/h4-6,8H,2-3,7,9,14H2,1H3. The van der Waals surface area contributed by atoms with E-state index in [1.165, 1.54) is 16.4 Å². The lowest BCUT2D eigenvalue weighted by molar-refractivity contribution is -0.140. The third-order valence-electron chi connectivity index (χ3n) is 2.66. The number of pyridine rings is 1. The Morgan fingerprint density at radius 3 is 3.05 bits per heavy atom. The molecule has 7 nitrogen and oxygen atoms in total. The second kappa shape index (κ2) is 7.63. The number of nitrogens with two attached hydrogens (primary N) is 1. The molecule has 0 amide bonds. The van der Waals surface area contributed by atoms with Crippen molar-refractivity contribution in [1.82, 2.24) is 19.9 Å². The first-order chi connectivity index (χ1) is 10.2. The predicted molar refractivity (Wildman–Crippen MR) is 80.0 cm³/mol.